The van der Waals surface area contributed by atoms with Gasteiger partial charge in [0.05, 0.1) is 17.9 Å². The van der Waals surface area contributed by atoms with Crippen LogP contribution in [0.1, 0.15) is 36.8 Å². The van der Waals surface area contributed by atoms with Gasteiger partial charge in [0, 0.05) is 30.3 Å². The number of nitrogens with one attached hydrogen (secondary N) is 1. The van der Waals surface area contributed by atoms with Crippen molar-refractivity contribution in [2.45, 2.75) is 37.8 Å². The fourth-order valence-corrected chi connectivity index (χ4v) is 4.28. The summed E-state index contributed by atoms with van der Waals surface area (Å²) < 4.78 is 28.4. The Balaban J connectivity index is 1.65. The number of aromatic nitrogens is 2. The zero-order chi connectivity index (χ0) is 21.6. The molecule has 3 rings (SSSR count). The number of rotatable bonds is 6. The molecule has 1 heterocycles. The highest BCUT2D eigenvalue weighted by molar-refractivity contribution is 9.10. The van der Waals surface area contributed by atoms with Crippen molar-refractivity contribution in [3.05, 3.63) is 46.1 Å². The standard InChI is InChI=1S/C20H24BrN4O4P/c1-27-30(26,28-2)29-18-11-9-17(10-12-18)24-19-15(13-23-20(22)25-19)6-3-14-4-7-16(21)8-5-14/h4-5,7-8,13,17-18H,9-12H2,1-2H3,(H3,22,23,24,25). The molecule has 0 amide bonds. The van der Waals surface area contributed by atoms with E-state index in [1.165, 1.54) is 14.2 Å². The Hall–Kier alpha value is -1.95. The van der Waals surface area contributed by atoms with E-state index in [1.807, 2.05) is 24.3 Å². The third-order valence-corrected chi connectivity index (χ3v) is 6.71. The highest BCUT2D eigenvalue weighted by Crippen LogP contribution is 2.50. The second-order valence-corrected chi connectivity index (χ2v) is 9.53. The molecule has 1 aromatic heterocycles. The number of phosphoric acid groups is 1. The zero-order valence-electron chi connectivity index (χ0n) is 16.8. The first kappa shape index (κ1) is 22.7. The van der Waals surface area contributed by atoms with Crippen LogP contribution in [-0.4, -0.2) is 36.3 Å². The minimum atomic E-state index is -3.47. The van der Waals surface area contributed by atoms with E-state index >= 15 is 0 Å². The first-order valence-electron chi connectivity index (χ1n) is 9.47. The van der Waals surface area contributed by atoms with Crippen molar-refractivity contribution in [2.75, 3.05) is 25.3 Å². The number of nitrogens with zero attached hydrogens (tertiary/aromatic N) is 2. The lowest BCUT2D eigenvalue weighted by atomic mass is 9.93. The second-order valence-electron chi connectivity index (χ2n) is 6.78. The molecular weight excluding hydrogens is 471 g/mol. The Morgan fingerprint density at radius 3 is 2.43 bits per heavy atom. The fraction of sp³-hybridized carbons (Fsp3) is 0.400. The molecule has 0 saturated heterocycles. The van der Waals surface area contributed by atoms with Gasteiger partial charge in [0.1, 0.15) is 5.82 Å². The van der Waals surface area contributed by atoms with E-state index in [0.29, 0.717) is 11.4 Å². The zero-order valence-corrected chi connectivity index (χ0v) is 19.3. The molecular formula is C20H24BrN4O4P. The normalized spacial score (nSPS) is 19.0. The average molecular weight is 495 g/mol. The van der Waals surface area contributed by atoms with Crippen molar-refractivity contribution in [3.63, 3.8) is 0 Å². The summed E-state index contributed by atoms with van der Waals surface area (Å²) in [5, 5.41) is 3.42. The number of halogens is 1. The van der Waals surface area contributed by atoms with Crippen LogP contribution in [0.15, 0.2) is 34.9 Å². The number of anilines is 2. The largest absolute Gasteiger partial charge is 0.474 e. The maximum absolute atomic E-state index is 12.2. The fourth-order valence-electron chi connectivity index (χ4n) is 3.12. The van der Waals surface area contributed by atoms with Crippen LogP contribution >= 0.6 is 23.8 Å². The van der Waals surface area contributed by atoms with E-state index in [1.54, 1.807) is 6.20 Å². The molecule has 1 aliphatic rings. The Kier molecular flexibility index (Phi) is 7.87. The van der Waals surface area contributed by atoms with Gasteiger partial charge in [-0.1, -0.05) is 27.8 Å². The first-order valence-corrected chi connectivity index (χ1v) is 11.7. The van der Waals surface area contributed by atoms with Crippen molar-refractivity contribution in [2.24, 2.45) is 0 Å². The molecule has 10 heteroatoms. The lowest BCUT2D eigenvalue weighted by molar-refractivity contribution is 0.0806. The molecule has 1 saturated carbocycles. The number of nitrogens with two attached hydrogens (primary N) is 1. The molecule has 0 radical (unpaired) electrons. The first-order chi connectivity index (χ1) is 14.4. The number of phosphoric ester groups is 1. The molecule has 2 aromatic rings. The van der Waals surface area contributed by atoms with Crippen LogP contribution in [-0.2, 0) is 18.1 Å². The van der Waals surface area contributed by atoms with E-state index in [-0.39, 0.29) is 18.1 Å². The van der Waals surface area contributed by atoms with Gasteiger partial charge in [0.25, 0.3) is 0 Å². The molecule has 0 unspecified atom stereocenters. The Bertz CT molecular complexity index is 961. The van der Waals surface area contributed by atoms with Crippen LogP contribution in [0.4, 0.5) is 11.8 Å². The van der Waals surface area contributed by atoms with E-state index in [4.69, 9.17) is 19.3 Å². The van der Waals surface area contributed by atoms with Crippen LogP contribution in [0, 0.1) is 11.8 Å². The van der Waals surface area contributed by atoms with Gasteiger partial charge in [-0.25, -0.2) is 9.55 Å². The molecule has 30 heavy (non-hydrogen) atoms. The van der Waals surface area contributed by atoms with Crippen LogP contribution in [0.3, 0.4) is 0 Å². The van der Waals surface area contributed by atoms with Crippen molar-refractivity contribution in [1.82, 2.24) is 9.97 Å². The molecule has 0 spiro atoms. The van der Waals surface area contributed by atoms with Crippen LogP contribution in [0.5, 0.6) is 0 Å². The molecule has 0 aliphatic heterocycles. The number of nitrogen functional groups attached to an aromatic ring is 1. The monoisotopic (exact) mass is 494 g/mol. The third kappa shape index (κ3) is 6.27. The van der Waals surface area contributed by atoms with E-state index in [9.17, 15) is 4.57 Å². The molecule has 1 fully saturated rings. The van der Waals surface area contributed by atoms with Gasteiger partial charge in [-0.15, -0.1) is 0 Å². The summed E-state index contributed by atoms with van der Waals surface area (Å²) >= 11 is 3.41. The molecule has 3 N–H and O–H groups in total. The topological polar surface area (TPSA) is 109 Å². The Morgan fingerprint density at radius 1 is 1.13 bits per heavy atom. The molecule has 0 bridgehead atoms. The third-order valence-electron chi connectivity index (χ3n) is 4.73. The summed E-state index contributed by atoms with van der Waals surface area (Å²) in [5.74, 6) is 7.03. The summed E-state index contributed by atoms with van der Waals surface area (Å²) in [5.41, 5.74) is 7.35. The highest BCUT2D eigenvalue weighted by Gasteiger charge is 2.31. The predicted molar refractivity (Wildman–Crippen MR) is 119 cm³/mol. The maximum atomic E-state index is 12.2. The summed E-state index contributed by atoms with van der Waals surface area (Å²) in [7, 11) is -0.844. The highest BCUT2D eigenvalue weighted by atomic mass is 79.9. The molecule has 0 atom stereocenters. The van der Waals surface area contributed by atoms with Crippen molar-refractivity contribution >= 4 is 35.5 Å². The van der Waals surface area contributed by atoms with Gasteiger partial charge in [-0.3, -0.25) is 13.6 Å². The summed E-state index contributed by atoms with van der Waals surface area (Å²) in [6.45, 7) is 0. The summed E-state index contributed by atoms with van der Waals surface area (Å²) in [6, 6.07) is 7.91. The van der Waals surface area contributed by atoms with Gasteiger partial charge in [0.15, 0.2) is 0 Å². The van der Waals surface area contributed by atoms with Crippen LogP contribution < -0.4 is 11.1 Å². The minimum absolute atomic E-state index is 0.164. The molecule has 1 aliphatic carbocycles. The maximum Gasteiger partial charge on any atom is 0.474 e. The number of benzene rings is 1. The number of hydrogen-bond donors (Lipinski definition) is 2. The van der Waals surface area contributed by atoms with E-state index in [0.717, 1.165) is 35.7 Å². The van der Waals surface area contributed by atoms with Gasteiger partial charge in [0.2, 0.25) is 5.95 Å². The van der Waals surface area contributed by atoms with E-state index in [2.05, 4.69) is 43.1 Å². The van der Waals surface area contributed by atoms with Gasteiger partial charge < -0.3 is 11.1 Å². The molecule has 160 valence electrons. The van der Waals surface area contributed by atoms with Gasteiger partial charge in [-0.05, 0) is 49.9 Å². The minimum Gasteiger partial charge on any atom is -0.368 e. The Morgan fingerprint density at radius 2 is 1.80 bits per heavy atom. The number of hydrogen-bond acceptors (Lipinski definition) is 8. The second kappa shape index (κ2) is 10.4. The quantitative estimate of drug-likeness (QED) is 0.450. The van der Waals surface area contributed by atoms with E-state index < -0.39 is 7.82 Å². The Labute approximate surface area is 184 Å². The van der Waals surface area contributed by atoms with Gasteiger partial charge >= 0.3 is 7.82 Å². The summed E-state index contributed by atoms with van der Waals surface area (Å²) in [4.78, 5) is 8.40. The van der Waals surface area contributed by atoms with Gasteiger partial charge in [-0.2, -0.15) is 4.98 Å². The van der Waals surface area contributed by atoms with Crippen LogP contribution in [0.25, 0.3) is 0 Å². The SMILES string of the molecule is COP(=O)(OC)OC1CCC(Nc2nc(N)ncc2C#Cc2ccc(Br)cc2)CC1. The lowest BCUT2D eigenvalue weighted by Gasteiger charge is -2.30. The predicted octanol–water partition coefficient (Wildman–Crippen LogP) is 4.36. The van der Waals surface area contributed by atoms with Crippen LogP contribution in [0.2, 0.25) is 0 Å². The average Bonchev–Trinajstić information content (AvgIpc) is 2.75. The van der Waals surface area contributed by atoms with Crippen molar-refractivity contribution in [3.8, 4) is 11.8 Å². The summed E-state index contributed by atoms with van der Waals surface area (Å²) in [6.07, 6.45) is 4.49. The smallest absolute Gasteiger partial charge is 0.368 e. The molecule has 1 aromatic carbocycles. The van der Waals surface area contributed by atoms with Crippen molar-refractivity contribution in [1.29, 1.82) is 0 Å². The lowest BCUT2D eigenvalue weighted by Crippen LogP contribution is -2.30. The van der Waals surface area contributed by atoms with Crippen molar-refractivity contribution < 1.29 is 18.1 Å². The molecule has 8 nitrogen and oxygen atoms in total.